The number of benzene rings is 1. The maximum atomic E-state index is 6.00. The van der Waals surface area contributed by atoms with E-state index in [-0.39, 0.29) is 0 Å². The topological polar surface area (TPSA) is 38.5 Å². The van der Waals surface area contributed by atoms with Crippen molar-refractivity contribution in [2.75, 3.05) is 25.9 Å². The molecule has 2 N–H and O–H groups in total. The zero-order chi connectivity index (χ0) is 11.5. The van der Waals surface area contributed by atoms with Crippen molar-refractivity contribution < 1.29 is 4.74 Å². The molecule has 0 radical (unpaired) electrons. The largest absolute Gasteiger partial charge is 0.497 e. The molecule has 1 aromatic carbocycles. The maximum absolute atomic E-state index is 6.00. The van der Waals surface area contributed by atoms with Crippen LogP contribution in [0.1, 0.15) is 18.9 Å². The van der Waals surface area contributed by atoms with Gasteiger partial charge in [0.15, 0.2) is 0 Å². The number of nitrogen functional groups attached to an aromatic ring is 1. The highest BCUT2D eigenvalue weighted by Crippen LogP contribution is 2.23. The zero-order valence-electron chi connectivity index (χ0n) is 10.1. The first-order chi connectivity index (χ1) is 7.69. The Kier molecular flexibility index (Phi) is 3.34. The van der Waals surface area contributed by atoms with E-state index in [0.717, 1.165) is 23.9 Å². The van der Waals surface area contributed by atoms with Crippen LogP contribution in [0.4, 0.5) is 5.69 Å². The third-order valence-corrected chi connectivity index (χ3v) is 3.25. The smallest absolute Gasteiger partial charge is 0.120 e. The van der Waals surface area contributed by atoms with E-state index in [4.69, 9.17) is 10.5 Å². The van der Waals surface area contributed by atoms with Crippen LogP contribution in [0.15, 0.2) is 18.2 Å². The van der Waals surface area contributed by atoms with Crippen molar-refractivity contribution in [3.8, 4) is 5.75 Å². The van der Waals surface area contributed by atoms with Crippen LogP contribution in [-0.2, 0) is 6.54 Å². The molecule has 3 nitrogen and oxygen atoms in total. The van der Waals surface area contributed by atoms with Gasteiger partial charge in [-0.3, -0.25) is 4.90 Å². The molecule has 1 aliphatic heterocycles. The summed E-state index contributed by atoms with van der Waals surface area (Å²) in [6, 6.07) is 5.94. The van der Waals surface area contributed by atoms with Crippen LogP contribution in [0, 0.1) is 5.92 Å². The Bertz CT molecular complexity index is 365. The first kappa shape index (κ1) is 11.3. The molecule has 0 bridgehead atoms. The van der Waals surface area contributed by atoms with Crippen LogP contribution in [0.5, 0.6) is 5.75 Å². The molecule has 0 aromatic heterocycles. The molecule has 16 heavy (non-hydrogen) atoms. The Labute approximate surface area is 97.2 Å². The van der Waals surface area contributed by atoms with Crippen LogP contribution in [-0.4, -0.2) is 25.1 Å². The second kappa shape index (κ2) is 4.74. The highest BCUT2D eigenvalue weighted by molar-refractivity contribution is 5.51. The Balaban J connectivity index is 2.04. The van der Waals surface area contributed by atoms with Gasteiger partial charge < -0.3 is 10.5 Å². The first-order valence-electron chi connectivity index (χ1n) is 5.84. The van der Waals surface area contributed by atoms with Crippen molar-refractivity contribution in [2.45, 2.75) is 19.9 Å². The average Bonchev–Trinajstić information content (AvgIpc) is 2.67. The summed E-state index contributed by atoms with van der Waals surface area (Å²) >= 11 is 0. The molecule has 1 saturated heterocycles. The molecule has 1 aromatic rings. The molecule has 0 amide bonds. The molecule has 88 valence electrons. The highest BCUT2D eigenvalue weighted by Gasteiger charge is 2.19. The van der Waals surface area contributed by atoms with Crippen molar-refractivity contribution in [3.05, 3.63) is 23.8 Å². The van der Waals surface area contributed by atoms with E-state index >= 15 is 0 Å². The number of hydrogen-bond donors (Lipinski definition) is 1. The average molecular weight is 220 g/mol. The number of rotatable bonds is 3. The maximum Gasteiger partial charge on any atom is 0.120 e. The summed E-state index contributed by atoms with van der Waals surface area (Å²) in [4.78, 5) is 2.46. The molecular formula is C13H20N2O. The molecule has 1 aliphatic rings. The molecule has 1 atom stereocenters. The van der Waals surface area contributed by atoms with Crippen LogP contribution in [0.3, 0.4) is 0 Å². The van der Waals surface area contributed by atoms with E-state index in [1.807, 2.05) is 12.1 Å². The number of likely N-dealkylation sites (tertiary alicyclic amines) is 1. The van der Waals surface area contributed by atoms with E-state index < -0.39 is 0 Å². The number of nitrogens with zero attached hydrogens (tertiary/aromatic N) is 1. The molecule has 2 rings (SSSR count). The number of nitrogens with two attached hydrogens (primary N) is 1. The first-order valence-corrected chi connectivity index (χ1v) is 5.84. The summed E-state index contributed by atoms with van der Waals surface area (Å²) in [5.74, 6) is 1.65. The van der Waals surface area contributed by atoms with Gasteiger partial charge in [-0.1, -0.05) is 13.0 Å². The van der Waals surface area contributed by atoms with Gasteiger partial charge in [0.2, 0.25) is 0 Å². The fraction of sp³-hybridized carbons (Fsp3) is 0.538. The number of anilines is 1. The van der Waals surface area contributed by atoms with Crippen LogP contribution in [0.2, 0.25) is 0 Å². The lowest BCUT2D eigenvalue weighted by Crippen LogP contribution is -2.20. The third kappa shape index (κ3) is 2.47. The van der Waals surface area contributed by atoms with Crippen LogP contribution >= 0.6 is 0 Å². The van der Waals surface area contributed by atoms with E-state index in [9.17, 15) is 0 Å². The van der Waals surface area contributed by atoms with Gasteiger partial charge >= 0.3 is 0 Å². The Hall–Kier alpha value is -1.22. The van der Waals surface area contributed by atoms with Gasteiger partial charge in [0.25, 0.3) is 0 Å². The normalized spacial score (nSPS) is 21.2. The number of methoxy groups -OCH3 is 1. The molecular weight excluding hydrogens is 200 g/mol. The quantitative estimate of drug-likeness (QED) is 0.793. The standard InChI is InChI=1S/C13H20N2O/c1-10-5-6-15(8-10)9-11-3-4-12(16-2)7-13(11)14/h3-4,7,10H,5-6,8-9,14H2,1-2H3. The molecule has 1 unspecified atom stereocenters. The highest BCUT2D eigenvalue weighted by atomic mass is 16.5. The van der Waals surface area contributed by atoms with E-state index in [1.165, 1.54) is 25.1 Å². The van der Waals surface area contributed by atoms with Crippen molar-refractivity contribution in [1.29, 1.82) is 0 Å². The molecule has 1 heterocycles. The summed E-state index contributed by atoms with van der Waals surface area (Å²) in [6.07, 6.45) is 1.30. The van der Waals surface area contributed by atoms with Gasteiger partial charge in [-0.05, 0) is 30.5 Å². The lowest BCUT2D eigenvalue weighted by atomic mass is 10.1. The molecule has 0 aliphatic carbocycles. The summed E-state index contributed by atoms with van der Waals surface area (Å²) in [5, 5.41) is 0. The monoisotopic (exact) mass is 220 g/mol. The Morgan fingerprint density at radius 2 is 2.31 bits per heavy atom. The summed E-state index contributed by atoms with van der Waals surface area (Å²) < 4.78 is 5.14. The fourth-order valence-electron chi connectivity index (χ4n) is 2.25. The molecule has 0 saturated carbocycles. The minimum Gasteiger partial charge on any atom is -0.497 e. The molecule has 1 fully saturated rings. The van der Waals surface area contributed by atoms with Gasteiger partial charge in [0.1, 0.15) is 5.75 Å². The van der Waals surface area contributed by atoms with E-state index in [2.05, 4.69) is 17.9 Å². The van der Waals surface area contributed by atoms with Gasteiger partial charge in [-0.2, -0.15) is 0 Å². The summed E-state index contributed by atoms with van der Waals surface area (Å²) in [5.41, 5.74) is 8.04. The minimum absolute atomic E-state index is 0.819. The van der Waals surface area contributed by atoms with Gasteiger partial charge in [-0.25, -0.2) is 0 Å². The second-order valence-electron chi connectivity index (χ2n) is 4.69. The van der Waals surface area contributed by atoms with Gasteiger partial charge in [-0.15, -0.1) is 0 Å². The molecule has 3 heteroatoms. The Morgan fingerprint density at radius 1 is 1.50 bits per heavy atom. The van der Waals surface area contributed by atoms with Crippen LogP contribution < -0.4 is 10.5 Å². The second-order valence-corrected chi connectivity index (χ2v) is 4.69. The van der Waals surface area contributed by atoms with Gasteiger partial charge in [0, 0.05) is 24.8 Å². The molecule has 0 spiro atoms. The van der Waals surface area contributed by atoms with E-state index in [1.54, 1.807) is 7.11 Å². The number of hydrogen-bond acceptors (Lipinski definition) is 3. The zero-order valence-corrected chi connectivity index (χ0v) is 10.1. The lowest BCUT2D eigenvalue weighted by Gasteiger charge is -2.17. The van der Waals surface area contributed by atoms with Crippen molar-refractivity contribution in [1.82, 2.24) is 4.90 Å². The predicted octanol–water partition coefficient (Wildman–Crippen LogP) is 2.12. The minimum atomic E-state index is 0.819. The Morgan fingerprint density at radius 3 is 2.88 bits per heavy atom. The van der Waals surface area contributed by atoms with E-state index in [0.29, 0.717) is 0 Å². The SMILES string of the molecule is COc1ccc(CN2CCC(C)C2)c(N)c1. The van der Waals surface area contributed by atoms with Crippen molar-refractivity contribution in [2.24, 2.45) is 5.92 Å². The van der Waals surface area contributed by atoms with Crippen LogP contribution in [0.25, 0.3) is 0 Å². The fourth-order valence-corrected chi connectivity index (χ4v) is 2.25. The summed E-state index contributed by atoms with van der Waals surface area (Å²) in [6.45, 7) is 5.63. The lowest BCUT2D eigenvalue weighted by molar-refractivity contribution is 0.320. The third-order valence-electron chi connectivity index (χ3n) is 3.25. The summed E-state index contributed by atoms with van der Waals surface area (Å²) in [7, 11) is 1.66. The predicted molar refractivity (Wildman–Crippen MR) is 66.5 cm³/mol. The van der Waals surface area contributed by atoms with Crippen molar-refractivity contribution >= 4 is 5.69 Å². The van der Waals surface area contributed by atoms with Gasteiger partial charge in [0.05, 0.1) is 7.11 Å². The number of ether oxygens (including phenoxy) is 1. The van der Waals surface area contributed by atoms with Crippen molar-refractivity contribution in [3.63, 3.8) is 0 Å².